The van der Waals surface area contributed by atoms with Gasteiger partial charge in [-0.3, -0.25) is 0 Å². The maximum Gasteiger partial charge on any atom is -0.00205 e. The van der Waals surface area contributed by atoms with Crippen LogP contribution in [0.3, 0.4) is 0 Å². The summed E-state index contributed by atoms with van der Waals surface area (Å²) >= 11 is 0. The van der Waals surface area contributed by atoms with Crippen LogP contribution in [0.4, 0.5) is 0 Å². The van der Waals surface area contributed by atoms with Crippen LogP contribution in [0.2, 0.25) is 0 Å². The number of hydrogen-bond acceptors (Lipinski definition) is 1. The van der Waals surface area contributed by atoms with E-state index in [9.17, 15) is 0 Å². The van der Waals surface area contributed by atoms with E-state index in [0.29, 0.717) is 0 Å². The van der Waals surface area contributed by atoms with Crippen molar-refractivity contribution in [3.8, 4) is 0 Å². The van der Waals surface area contributed by atoms with Crippen LogP contribution < -0.4 is 5.32 Å². The van der Waals surface area contributed by atoms with Gasteiger partial charge in [-0.15, -0.1) is 0 Å². The standard InChI is InChI=1S/C10H21N/c1-9(2)5-6-10-4-3-7-11-8-10/h9-11H,3-8H2,1-2H3/t10-/m0/s1. The maximum atomic E-state index is 3.46. The molecule has 66 valence electrons. The summed E-state index contributed by atoms with van der Waals surface area (Å²) in [6.07, 6.45) is 5.69. The summed E-state index contributed by atoms with van der Waals surface area (Å²) in [6, 6.07) is 0. The molecule has 1 heteroatoms. The van der Waals surface area contributed by atoms with Crippen molar-refractivity contribution in [1.82, 2.24) is 5.32 Å². The van der Waals surface area contributed by atoms with E-state index in [1.165, 1.54) is 38.8 Å². The van der Waals surface area contributed by atoms with E-state index >= 15 is 0 Å². The summed E-state index contributed by atoms with van der Waals surface area (Å²) in [6.45, 7) is 7.15. The van der Waals surface area contributed by atoms with Gasteiger partial charge >= 0.3 is 0 Å². The maximum absolute atomic E-state index is 3.46. The minimum Gasteiger partial charge on any atom is -0.316 e. The lowest BCUT2D eigenvalue weighted by Gasteiger charge is -2.23. The molecule has 1 atom stereocenters. The van der Waals surface area contributed by atoms with E-state index < -0.39 is 0 Å². The quantitative estimate of drug-likeness (QED) is 0.660. The zero-order valence-corrected chi connectivity index (χ0v) is 7.90. The van der Waals surface area contributed by atoms with E-state index in [0.717, 1.165) is 11.8 Å². The number of nitrogens with one attached hydrogen (secondary N) is 1. The smallest absolute Gasteiger partial charge is 0.00205 e. The molecule has 1 fully saturated rings. The Bertz CT molecular complexity index is 93.0. The number of hydrogen-bond donors (Lipinski definition) is 1. The Morgan fingerprint density at radius 2 is 2.27 bits per heavy atom. The van der Waals surface area contributed by atoms with Crippen molar-refractivity contribution in [3.05, 3.63) is 0 Å². The molecule has 1 heterocycles. The molecule has 0 radical (unpaired) electrons. The second-order valence-corrected chi connectivity index (χ2v) is 4.18. The second-order valence-electron chi connectivity index (χ2n) is 4.18. The zero-order valence-electron chi connectivity index (χ0n) is 7.90. The number of rotatable bonds is 3. The van der Waals surface area contributed by atoms with Crippen LogP contribution in [0.1, 0.15) is 39.5 Å². The molecule has 1 aliphatic rings. The highest BCUT2D eigenvalue weighted by Gasteiger charge is 2.12. The van der Waals surface area contributed by atoms with Crippen LogP contribution in [-0.2, 0) is 0 Å². The van der Waals surface area contributed by atoms with Crippen molar-refractivity contribution in [2.45, 2.75) is 39.5 Å². The zero-order chi connectivity index (χ0) is 8.10. The monoisotopic (exact) mass is 155 g/mol. The Labute approximate surface area is 70.6 Å². The Balaban J connectivity index is 2.05. The second kappa shape index (κ2) is 4.76. The van der Waals surface area contributed by atoms with Crippen molar-refractivity contribution in [3.63, 3.8) is 0 Å². The molecule has 0 spiro atoms. The number of piperidine rings is 1. The van der Waals surface area contributed by atoms with E-state index in [1.54, 1.807) is 0 Å². The van der Waals surface area contributed by atoms with Gasteiger partial charge in [-0.2, -0.15) is 0 Å². The van der Waals surface area contributed by atoms with Crippen molar-refractivity contribution >= 4 is 0 Å². The summed E-state index contributed by atoms with van der Waals surface area (Å²) in [5.41, 5.74) is 0. The summed E-state index contributed by atoms with van der Waals surface area (Å²) in [5, 5.41) is 3.46. The lowest BCUT2D eigenvalue weighted by molar-refractivity contribution is 0.334. The fraction of sp³-hybridized carbons (Fsp3) is 1.00. The minimum absolute atomic E-state index is 0.886. The lowest BCUT2D eigenvalue weighted by atomic mass is 9.92. The van der Waals surface area contributed by atoms with Crippen LogP contribution in [0, 0.1) is 11.8 Å². The molecule has 1 saturated heterocycles. The molecule has 1 nitrogen and oxygen atoms in total. The van der Waals surface area contributed by atoms with Gasteiger partial charge in [-0.25, -0.2) is 0 Å². The van der Waals surface area contributed by atoms with Gasteiger partial charge in [-0.05, 0) is 44.2 Å². The Hall–Kier alpha value is -0.0400. The van der Waals surface area contributed by atoms with Gasteiger partial charge in [0.2, 0.25) is 0 Å². The van der Waals surface area contributed by atoms with Gasteiger partial charge in [-0.1, -0.05) is 20.3 Å². The predicted octanol–water partition coefficient (Wildman–Crippen LogP) is 2.42. The highest BCUT2D eigenvalue weighted by atomic mass is 14.9. The van der Waals surface area contributed by atoms with Crippen LogP contribution >= 0.6 is 0 Å². The average Bonchev–Trinajstić information content (AvgIpc) is 2.03. The van der Waals surface area contributed by atoms with Gasteiger partial charge in [0.15, 0.2) is 0 Å². The Morgan fingerprint density at radius 1 is 1.45 bits per heavy atom. The third-order valence-corrected chi connectivity index (χ3v) is 2.55. The highest BCUT2D eigenvalue weighted by Crippen LogP contribution is 2.18. The first kappa shape index (κ1) is 9.05. The summed E-state index contributed by atoms with van der Waals surface area (Å²) < 4.78 is 0. The lowest BCUT2D eigenvalue weighted by Crippen LogP contribution is -2.29. The van der Waals surface area contributed by atoms with Crippen molar-refractivity contribution in [2.75, 3.05) is 13.1 Å². The van der Waals surface area contributed by atoms with E-state index in [4.69, 9.17) is 0 Å². The molecule has 0 aromatic rings. The minimum atomic E-state index is 0.886. The highest BCUT2D eigenvalue weighted by molar-refractivity contribution is 4.69. The first-order valence-electron chi connectivity index (χ1n) is 4.99. The first-order valence-corrected chi connectivity index (χ1v) is 4.99. The van der Waals surface area contributed by atoms with Gasteiger partial charge in [0.1, 0.15) is 0 Å². The Kier molecular flexibility index (Phi) is 3.92. The van der Waals surface area contributed by atoms with Crippen molar-refractivity contribution < 1.29 is 0 Å². The molecule has 11 heavy (non-hydrogen) atoms. The molecule has 0 amide bonds. The average molecular weight is 155 g/mol. The van der Waals surface area contributed by atoms with Crippen LogP contribution in [0.15, 0.2) is 0 Å². The van der Waals surface area contributed by atoms with Gasteiger partial charge in [0.05, 0.1) is 0 Å². The van der Waals surface area contributed by atoms with E-state index in [2.05, 4.69) is 19.2 Å². The molecule has 1 aliphatic heterocycles. The SMILES string of the molecule is CC(C)CC[C@@H]1CCCNC1. The van der Waals surface area contributed by atoms with Crippen molar-refractivity contribution in [1.29, 1.82) is 0 Å². The van der Waals surface area contributed by atoms with Crippen LogP contribution in [0.25, 0.3) is 0 Å². The molecular weight excluding hydrogens is 134 g/mol. The van der Waals surface area contributed by atoms with Gasteiger partial charge in [0.25, 0.3) is 0 Å². The normalized spacial score (nSPS) is 25.9. The molecule has 0 unspecified atom stereocenters. The topological polar surface area (TPSA) is 12.0 Å². The van der Waals surface area contributed by atoms with E-state index in [1.807, 2.05) is 0 Å². The molecule has 0 bridgehead atoms. The predicted molar refractivity (Wildman–Crippen MR) is 49.7 cm³/mol. The fourth-order valence-corrected chi connectivity index (χ4v) is 1.74. The molecular formula is C10H21N. The first-order chi connectivity index (χ1) is 5.29. The van der Waals surface area contributed by atoms with Gasteiger partial charge in [0, 0.05) is 0 Å². The van der Waals surface area contributed by atoms with Crippen molar-refractivity contribution in [2.24, 2.45) is 11.8 Å². The summed E-state index contributed by atoms with van der Waals surface area (Å²) in [4.78, 5) is 0. The summed E-state index contributed by atoms with van der Waals surface area (Å²) in [5.74, 6) is 1.86. The van der Waals surface area contributed by atoms with Crippen LogP contribution in [0.5, 0.6) is 0 Å². The third-order valence-electron chi connectivity index (χ3n) is 2.55. The fourth-order valence-electron chi connectivity index (χ4n) is 1.74. The third kappa shape index (κ3) is 3.76. The molecule has 0 aliphatic carbocycles. The van der Waals surface area contributed by atoms with Crippen LogP contribution in [-0.4, -0.2) is 13.1 Å². The molecule has 1 rings (SSSR count). The Morgan fingerprint density at radius 3 is 2.82 bits per heavy atom. The molecule has 0 aromatic heterocycles. The van der Waals surface area contributed by atoms with Gasteiger partial charge < -0.3 is 5.32 Å². The molecule has 1 N–H and O–H groups in total. The van der Waals surface area contributed by atoms with E-state index in [-0.39, 0.29) is 0 Å². The summed E-state index contributed by atoms with van der Waals surface area (Å²) in [7, 11) is 0. The molecule has 0 saturated carbocycles. The molecule has 0 aromatic carbocycles. The largest absolute Gasteiger partial charge is 0.316 e.